The second kappa shape index (κ2) is 7.18. The van der Waals surface area contributed by atoms with Gasteiger partial charge >= 0.3 is 0 Å². The van der Waals surface area contributed by atoms with Crippen LogP contribution in [0.5, 0.6) is 0 Å². The number of carbonyl (C=O) groups excluding carboxylic acids is 1. The number of ketones is 1. The first kappa shape index (κ1) is 12.9. The van der Waals surface area contributed by atoms with E-state index in [2.05, 4.69) is 6.58 Å². The van der Waals surface area contributed by atoms with Gasteiger partial charge in [0.25, 0.3) is 0 Å². The van der Waals surface area contributed by atoms with Gasteiger partial charge in [-0.1, -0.05) is 67.3 Å². The molecule has 0 aliphatic carbocycles. The standard InChI is InChI=1S/C16H16O/c1-3-5-11-15(4-2)16(17)13-12-14-9-7-6-8-10-14/h3-13H,1H2,2H3/b11-5-,13-12+,15-4+. The van der Waals surface area contributed by atoms with Gasteiger partial charge in [-0.25, -0.2) is 0 Å². The van der Waals surface area contributed by atoms with Gasteiger partial charge in [0.2, 0.25) is 0 Å². The van der Waals surface area contributed by atoms with Crippen LogP contribution in [0.3, 0.4) is 0 Å². The van der Waals surface area contributed by atoms with Crippen LogP contribution in [0, 0.1) is 0 Å². The molecule has 0 heterocycles. The molecule has 0 amide bonds. The van der Waals surface area contributed by atoms with E-state index in [0.29, 0.717) is 5.57 Å². The molecular weight excluding hydrogens is 208 g/mol. The third-order valence-corrected chi connectivity index (χ3v) is 2.23. The summed E-state index contributed by atoms with van der Waals surface area (Å²) in [7, 11) is 0. The molecule has 0 bridgehead atoms. The van der Waals surface area contributed by atoms with Crippen molar-refractivity contribution in [2.24, 2.45) is 0 Å². The quantitative estimate of drug-likeness (QED) is 0.546. The fraction of sp³-hybridized carbons (Fsp3) is 0.0625. The topological polar surface area (TPSA) is 17.1 Å². The first-order valence-electron chi connectivity index (χ1n) is 5.51. The summed E-state index contributed by atoms with van der Waals surface area (Å²) in [4.78, 5) is 11.8. The molecule has 0 aliphatic rings. The molecule has 17 heavy (non-hydrogen) atoms. The van der Waals surface area contributed by atoms with Crippen molar-refractivity contribution in [1.82, 2.24) is 0 Å². The van der Waals surface area contributed by atoms with Gasteiger partial charge in [0.05, 0.1) is 0 Å². The minimum Gasteiger partial charge on any atom is -0.289 e. The van der Waals surface area contributed by atoms with Crippen molar-refractivity contribution in [2.75, 3.05) is 0 Å². The lowest BCUT2D eigenvalue weighted by Crippen LogP contribution is -1.94. The molecule has 0 unspecified atom stereocenters. The number of hydrogen-bond donors (Lipinski definition) is 0. The highest BCUT2D eigenvalue weighted by Crippen LogP contribution is 2.05. The average Bonchev–Trinajstić information content (AvgIpc) is 2.38. The normalized spacial score (nSPS) is 12.2. The first-order valence-corrected chi connectivity index (χ1v) is 5.51. The van der Waals surface area contributed by atoms with E-state index in [1.54, 1.807) is 30.4 Å². The Morgan fingerprint density at radius 3 is 2.47 bits per heavy atom. The van der Waals surface area contributed by atoms with E-state index in [9.17, 15) is 4.79 Å². The van der Waals surface area contributed by atoms with Crippen LogP contribution in [0.25, 0.3) is 6.08 Å². The monoisotopic (exact) mass is 224 g/mol. The maximum atomic E-state index is 11.8. The van der Waals surface area contributed by atoms with Gasteiger partial charge in [-0.2, -0.15) is 0 Å². The Balaban J connectivity index is 2.75. The highest BCUT2D eigenvalue weighted by atomic mass is 16.1. The zero-order chi connectivity index (χ0) is 12.5. The van der Waals surface area contributed by atoms with E-state index >= 15 is 0 Å². The Morgan fingerprint density at radius 2 is 1.88 bits per heavy atom. The van der Waals surface area contributed by atoms with Crippen molar-refractivity contribution in [3.63, 3.8) is 0 Å². The van der Waals surface area contributed by atoms with Crippen LogP contribution in [0.1, 0.15) is 12.5 Å². The highest BCUT2D eigenvalue weighted by Gasteiger charge is 1.99. The zero-order valence-electron chi connectivity index (χ0n) is 9.97. The SMILES string of the molecule is C=C/C=C\C(=C/C)C(=O)/C=C/c1ccccc1. The van der Waals surface area contributed by atoms with Crippen LogP contribution in [-0.4, -0.2) is 5.78 Å². The van der Waals surface area contributed by atoms with Gasteiger partial charge in [-0.15, -0.1) is 0 Å². The van der Waals surface area contributed by atoms with Crippen molar-refractivity contribution >= 4 is 11.9 Å². The molecule has 1 heteroatoms. The summed E-state index contributed by atoms with van der Waals surface area (Å²) < 4.78 is 0. The summed E-state index contributed by atoms with van der Waals surface area (Å²) in [6.45, 7) is 5.42. The van der Waals surface area contributed by atoms with E-state index < -0.39 is 0 Å². The number of rotatable bonds is 5. The smallest absolute Gasteiger partial charge is 0.185 e. The summed E-state index contributed by atoms with van der Waals surface area (Å²) in [5, 5.41) is 0. The van der Waals surface area contributed by atoms with Gasteiger partial charge in [0.1, 0.15) is 0 Å². The summed E-state index contributed by atoms with van der Waals surface area (Å²) in [5.74, 6) is -0.00514. The van der Waals surface area contributed by atoms with Crippen LogP contribution in [0.15, 0.2) is 72.9 Å². The fourth-order valence-electron chi connectivity index (χ4n) is 1.32. The molecule has 1 aromatic rings. The minimum absolute atomic E-state index is 0.00514. The largest absolute Gasteiger partial charge is 0.289 e. The molecule has 0 saturated heterocycles. The lowest BCUT2D eigenvalue weighted by atomic mass is 10.1. The lowest BCUT2D eigenvalue weighted by Gasteiger charge is -1.95. The Labute approximate surface area is 102 Å². The van der Waals surface area contributed by atoms with Gasteiger partial charge in [-0.05, 0) is 18.6 Å². The van der Waals surface area contributed by atoms with E-state index in [0.717, 1.165) is 5.56 Å². The van der Waals surface area contributed by atoms with Gasteiger partial charge in [0, 0.05) is 5.57 Å². The Morgan fingerprint density at radius 1 is 1.18 bits per heavy atom. The van der Waals surface area contributed by atoms with Crippen molar-refractivity contribution in [1.29, 1.82) is 0 Å². The summed E-state index contributed by atoms with van der Waals surface area (Å²) >= 11 is 0. The molecule has 0 fully saturated rings. The molecule has 0 aliphatic heterocycles. The van der Waals surface area contributed by atoms with E-state index in [1.165, 1.54) is 0 Å². The number of allylic oxidation sites excluding steroid dienone is 6. The molecular formula is C16H16O. The molecule has 86 valence electrons. The molecule has 1 nitrogen and oxygen atoms in total. The maximum Gasteiger partial charge on any atom is 0.185 e. The Kier molecular flexibility index (Phi) is 5.45. The fourth-order valence-corrected chi connectivity index (χ4v) is 1.32. The van der Waals surface area contributed by atoms with Crippen molar-refractivity contribution in [3.8, 4) is 0 Å². The maximum absolute atomic E-state index is 11.8. The third kappa shape index (κ3) is 4.47. The van der Waals surface area contributed by atoms with Crippen LogP contribution in [-0.2, 0) is 4.79 Å². The summed E-state index contributed by atoms with van der Waals surface area (Å²) in [5.41, 5.74) is 1.68. The average molecular weight is 224 g/mol. The van der Waals surface area contributed by atoms with Gasteiger partial charge < -0.3 is 0 Å². The molecule has 0 N–H and O–H groups in total. The van der Waals surface area contributed by atoms with Gasteiger partial charge in [0.15, 0.2) is 5.78 Å². The second-order valence-corrected chi connectivity index (χ2v) is 3.45. The van der Waals surface area contributed by atoms with E-state index in [4.69, 9.17) is 0 Å². The molecule has 0 radical (unpaired) electrons. The van der Waals surface area contributed by atoms with Gasteiger partial charge in [-0.3, -0.25) is 4.79 Å². The molecule has 0 spiro atoms. The summed E-state index contributed by atoms with van der Waals surface area (Å²) in [6, 6.07) is 9.75. The van der Waals surface area contributed by atoms with Crippen molar-refractivity contribution in [3.05, 3.63) is 78.4 Å². The molecule has 0 saturated carbocycles. The van der Waals surface area contributed by atoms with E-state index in [-0.39, 0.29) is 5.78 Å². The van der Waals surface area contributed by atoms with Crippen molar-refractivity contribution in [2.45, 2.75) is 6.92 Å². The van der Waals surface area contributed by atoms with Crippen molar-refractivity contribution < 1.29 is 4.79 Å². The molecule has 0 aromatic heterocycles. The van der Waals surface area contributed by atoms with Crippen LogP contribution < -0.4 is 0 Å². The predicted octanol–water partition coefficient (Wildman–Crippen LogP) is 3.96. The van der Waals surface area contributed by atoms with Crippen LogP contribution in [0.2, 0.25) is 0 Å². The zero-order valence-corrected chi connectivity index (χ0v) is 9.97. The lowest BCUT2D eigenvalue weighted by molar-refractivity contribution is -0.111. The number of hydrogen-bond acceptors (Lipinski definition) is 1. The van der Waals surface area contributed by atoms with Crippen LogP contribution in [0.4, 0.5) is 0 Å². The Bertz CT molecular complexity index is 462. The number of benzene rings is 1. The van der Waals surface area contributed by atoms with Crippen LogP contribution >= 0.6 is 0 Å². The van der Waals surface area contributed by atoms with E-state index in [1.807, 2.05) is 43.3 Å². The minimum atomic E-state index is -0.00514. The Hall–Kier alpha value is -2.15. The predicted molar refractivity (Wildman–Crippen MR) is 73.6 cm³/mol. The summed E-state index contributed by atoms with van der Waals surface area (Å²) in [6.07, 6.45) is 10.3. The number of carbonyl (C=O) groups is 1. The highest BCUT2D eigenvalue weighted by molar-refractivity contribution is 6.08. The molecule has 1 aromatic carbocycles. The molecule has 0 atom stereocenters. The second-order valence-electron chi connectivity index (χ2n) is 3.45. The third-order valence-electron chi connectivity index (χ3n) is 2.23. The first-order chi connectivity index (χ1) is 8.27. The molecule has 1 rings (SSSR count).